The molecule has 2 aromatic heterocycles. The zero-order valence-corrected chi connectivity index (χ0v) is 6.22. The minimum absolute atomic E-state index is 0.196. The lowest BCUT2D eigenvalue weighted by Crippen LogP contribution is -1.73. The Bertz CT molecular complexity index is 387. The fourth-order valence-electron chi connectivity index (χ4n) is 0.752. The summed E-state index contributed by atoms with van der Waals surface area (Å²) in [5, 5.41) is 2.56. The van der Waals surface area contributed by atoms with Crippen LogP contribution in [-0.2, 0) is 0 Å². The van der Waals surface area contributed by atoms with E-state index in [9.17, 15) is 0 Å². The summed E-state index contributed by atoms with van der Waals surface area (Å²) in [5.74, 6) is 0.587. The van der Waals surface area contributed by atoms with Gasteiger partial charge in [0.25, 0.3) is 0 Å². The molecule has 1 N–H and O–H groups in total. The first kappa shape index (κ1) is 6.36. The quantitative estimate of drug-likeness (QED) is 0.661. The standard InChI is InChI=1S/C6H4N2O2S/c11-6-7-5(8-10-6)4-1-2-9-3-4/h1-3H,(H,7,8,11). The highest BCUT2D eigenvalue weighted by Gasteiger charge is 2.01. The van der Waals surface area contributed by atoms with E-state index in [1.54, 1.807) is 18.6 Å². The van der Waals surface area contributed by atoms with Gasteiger partial charge in [0, 0.05) is 0 Å². The molecule has 0 aliphatic rings. The number of nitrogens with one attached hydrogen (secondary N) is 1. The molecule has 2 rings (SSSR count). The average Bonchev–Trinajstić information content (AvgIpc) is 2.55. The molecule has 0 amide bonds. The van der Waals surface area contributed by atoms with Gasteiger partial charge in [-0.25, -0.2) is 5.16 Å². The van der Waals surface area contributed by atoms with Crippen molar-refractivity contribution >= 4 is 12.2 Å². The maximum atomic E-state index is 4.84. The molecule has 0 aromatic carbocycles. The highest BCUT2D eigenvalue weighted by Crippen LogP contribution is 2.13. The summed E-state index contributed by atoms with van der Waals surface area (Å²) in [6.45, 7) is 0. The molecule has 56 valence electrons. The van der Waals surface area contributed by atoms with Crippen LogP contribution in [0.1, 0.15) is 0 Å². The molecule has 0 radical (unpaired) electrons. The van der Waals surface area contributed by atoms with Gasteiger partial charge < -0.3 is 8.94 Å². The van der Waals surface area contributed by atoms with Gasteiger partial charge in [-0.05, 0) is 18.3 Å². The van der Waals surface area contributed by atoms with E-state index >= 15 is 0 Å². The zero-order valence-electron chi connectivity index (χ0n) is 5.40. The number of hydrogen-bond donors (Lipinski definition) is 1. The number of nitrogens with zero attached hydrogens (tertiary/aromatic N) is 1. The molecule has 0 bridgehead atoms. The average molecular weight is 168 g/mol. The van der Waals surface area contributed by atoms with Crippen LogP contribution < -0.4 is 0 Å². The third-order valence-electron chi connectivity index (χ3n) is 1.23. The largest absolute Gasteiger partial charge is 0.472 e. The maximum absolute atomic E-state index is 4.84. The predicted molar refractivity (Wildman–Crippen MR) is 39.4 cm³/mol. The lowest BCUT2D eigenvalue weighted by Gasteiger charge is -1.81. The summed E-state index contributed by atoms with van der Waals surface area (Å²) >= 11 is 4.67. The minimum atomic E-state index is 0.196. The van der Waals surface area contributed by atoms with Gasteiger partial charge >= 0.3 is 4.84 Å². The number of aromatic amines is 1. The third-order valence-corrected chi connectivity index (χ3v) is 1.41. The number of aromatic nitrogens is 2. The van der Waals surface area contributed by atoms with Crippen LogP contribution in [0.4, 0.5) is 0 Å². The topological polar surface area (TPSA) is 55.0 Å². The number of H-pyrrole nitrogens is 1. The van der Waals surface area contributed by atoms with Crippen LogP contribution in [0.15, 0.2) is 27.5 Å². The maximum Gasteiger partial charge on any atom is 0.314 e. The van der Waals surface area contributed by atoms with Crippen LogP contribution in [0.25, 0.3) is 11.4 Å². The Morgan fingerprint density at radius 2 is 2.45 bits per heavy atom. The van der Waals surface area contributed by atoms with Crippen molar-refractivity contribution in [3.63, 3.8) is 0 Å². The number of rotatable bonds is 1. The molecule has 0 aliphatic carbocycles. The van der Waals surface area contributed by atoms with Crippen LogP contribution >= 0.6 is 12.2 Å². The second-order valence-corrected chi connectivity index (χ2v) is 2.29. The molecule has 5 heteroatoms. The molecule has 0 unspecified atom stereocenters. The molecule has 0 spiro atoms. The van der Waals surface area contributed by atoms with Gasteiger partial charge in [0.2, 0.25) is 0 Å². The van der Waals surface area contributed by atoms with Gasteiger partial charge in [0.1, 0.15) is 6.26 Å². The van der Waals surface area contributed by atoms with Gasteiger partial charge in [0.15, 0.2) is 5.82 Å². The Hall–Kier alpha value is -1.36. The summed E-state index contributed by atoms with van der Waals surface area (Å²) in [4.78, 5) is 4.08. The van der Waals surface area contributed by atoms with Crippen molar-refractivity contribution < 1.29 is 8.94 Å². The van der Waals surface area contributed by atoms with Crippen molar-refractivity contribution in [2.24, 2.45) is 0 Å². The summed E-state index contributed by atoms with van der Waals surface area (Å²) in [5.41, 5.74) is 0.824. The van der Waals surface area contributed by atoms with Crippen molar-refractivity contribution in [1.29, 1.82) is 0 Å². The first-order chi connectivity index (χ1) is 5.36. The van der Waals surface area contributed by atoms with Gasteiger partial charge in [0.05, 0.1) is 11.8 Å². The molecule has 11 heavy (non-hydrogen) atoms. The van der Waals surface area contributed by atoms with E-state index in [1.807, 2.05) is 0 Å². The van der Waals surface area contributed by atoms with E-state index < -0.39 is 0 Å². The predicted octanol–water partition coefficient (Wildman–Crippen LogP) is 1.99. The van der Waals surface area contributed by atoms with Crippen molar-refractivity contribution in [3.8, 4) is 11.4 Å². The molecule has 0 aliphatic heterocycles. The Morgan fingerprint density at radius 3 is 3.00 bits per heavy atom. The summed E-state index contributed by atoms with van der Waals surface area (Å²) in [6, 6.07) is 1.77. The van der Waals surface area contributed by atoms with Gasteiger partial charge in [-0.1, -0.05) is 0 Å². The monoisotopic (exact) mass is 168 g/mol. The van der Waals surface area contributed by atoms with E-state index in [-0.39, 0.29) is 4.84 Å². The Balaban J connectivity index is 2.53. The van der Waals surface area contributed by atoms with Gasteiger partial charge in [-0.15, -0.1) is 0 Å². The van der Waals surface area contributed by atoms with Crippen molar-refractivity contribution in [2.45, 2.75) is 0 Å². The first-order valence-electron chi connectivity index (χ1n) is 2.94. The summed E-state index contributed by atoms with van der Waals surface area (Å²) in [7, 11) is 0. The van der Waals surface area contributed by atoms with Crippen LogP contribution in [-0.4, -0.2) is 10.1 Å². The number of hydrogen-bond acceptors (Lipinski definition) is 4. The van der Waals surface area contributed by atoms with Crippen LogP contribution in [0, 0.1) is 4.84 Å². The van der Waals surface area contributed by atoms with E-state index in [2.05, 4.69) is 22.4 Å². The Morgan fingerprint density at radius 1 is 1.55 bits per heavy atom. The van der Waals surface area contributed by atoms with E-state index in [0.717, 1.165) is 5.56 Å². The number of furan rings is 1. The molecule has 0 atom stereocenters. The lowest BCUT2D eigenvalue weighted by molar-refractivity contribution is 0.406. The second-order valence-electron chi connectivity index (χ2n) is 1.94. The minimum Gasteiger partial charge on any atom is -0.472 e. The highest BCUT2D eigenvalue weighted by atomic mass is 32.1. The zero-order chi connectivity index (χ0) is 7.68. The lowest BCUT2D eigenvalue weighted by atomic mass is 10.3. The molecular formula is C6H4N2O2S. The molecule has 0 saturated carbocycles. The molecule has 2 aromatic rings. The molecular weight excluding hydrogens is 164 g/mol. The van der Waals surface area contributed by atoms with Crippen molar-refractivity contribution in [2.75, 3.05) is 0 Å². The third kappa shape index (κ3) is 1.10. The van der Waals surface area contributed by atoms with E-state index in [1.165, 1.54) is 0 Å². The van der Waals surface area contributed by atoms with Gasteiger partial charge in [-0.2, -0.15) is 4.98 Å². The van der Waals surface area contributed by atoms with Crippen LogP contribution in [0.3, 0.4) is 0 Å². The Kier molecular flexibility index (Phi) is 1.36. The van der Waals surface area contributed by atoms with Gasteiger partial charge in [-0.3, -0.25) is 0 Å². The van der Waals surface area contributed by atoms with Crippen molar-refractivity contribution in [3.05, 3.63) is 23.4 Å². The second kappa shape index (κ2) is 2.35. The molecule has 0 saturated heterocycles. The van der Waals surface area contributed by atoms with E-state index in [0.29, 0.717) is 5.82 Å². The molecule has 0 fully saturated rings. The fraction of sp³-hybridized carbons (Fsp3) is 0. The first-order valence-corrected chi connectivity index (χ1v) is 3.35. The van der Waals surface area contributed by atoms with Crippen molar-refractivity contribution in [1.82, 2.24) is 10.1 Å². The SMILES string of the molecule is S=c1nc(-c2ccoc2)[nH]o1. The van der Waals surface area contributed by atoms with Crippen LogP contribution in [0.5, 0.6) is 0 Å². The fourth-order valence-corrected chi connectivity index (χ4v) is 0.885. The smallest absolute Gasteiger partial charge is 0.314 e. The normalized spacial score (nSPS) is 10.2. The molecule has 4 nitrogen and oxygen atoms in total. The van der Waals surface area contributed by atoms with E-state index in [4.69, 9.17) is 8.94 Å². The summed E-state index contributed by atoms with van der Waals surface area (Å²) < 4.78 is 9.57. The Labute approximate surface area is 66.8 Å². The highest BCUT2D eigenvalue weighted by molar-refractivity contribution is 7.71. The summed E-state index contributed by atoms with van der Waals surface area (Å²) in [6.07, 6.45) is 3.12. The molecule has 2 heterocycles. The van der Waals surface area contributed by atoms with Crippen LogP contribution in [0.2, 0.25) is 0 Å².